The number of ether oxygens (including phenoxy) is 2. The zero-order valence-corrected chi connectivity index (χ0v) is 16.8. The van der Waals surface area contributed by atoms with Crippen LogP contribution in [0, 0.1) is 0 Å². The number of hydrogen-bond acceptors (Lipinski definition) is 4. The molecule has 1 saturated heterocycles. The molecule has 2 aliphatic rings. The number of carbonyl (C=O) groups excluding carboxylic acids is 1. The van der Waals surface area contributed by atoms with E-state index in [0.717, 1.165) is 30.8 Å². The van der Waals surface area contributed by atoms with Crippen LogP contribution < -0.4 is 10.1 Å². The van der Waals surface area contributed by atoms with Crippen molar-refractivity contribution in [1.29, 1.82) is 0 Å². The zero-order chi connectivity index (χ0) is 19.8. The Hall–Kier alpha value is -2.69. The molecule has 5 nitrogen and oxygen atoms in total. The van der Waals surface area contributed by atoms with Crippen LogP contribution in [0.2, 0.25) is 0 Å². The SMILES string of the molecule is CC(C)(C)OC(=O)N1CC2(CCc3ccc(NCc4ccccc4)cc3O2)C1. The molecule has 4 rings (SSSR count). The summed E-state index contributed by atoms with van der Waals surface area (Å²) in [7, 11) is 0. The van der Waals surface area contributed by atoms with Crippen molar-refractivity contribution in [3.63, 3.8) is 0 Å². The van der Waals surface area contributed by atoms with Crippen molar-refractivity contribution in [2.24, 2.45) is 0 Å². The average Bonchev–Trinajstić information content (AvgIpc) is 2.63. The second-order valence-corrected chi connectivity index (χ2v) is 8.78. The highest BCUT2D eigenvalue weighted by Crippen LogP contribution is 2.40. The van der Waals surface area contributed by atoms with Gasteiger partial charge >= 0.3 is 6.09 Å². The molecule has 5 heteroatoms. The van der Waals surface area contributed by atoms with Gasteiger partial charge in [-0.15, -0.1) is 0 Å². The summed E-state index contributed by atoms with van der Waals surface area (Å²) in [5.41, 5.74) is 2.76. The second-order valence-electron chi connectivity index (χ2n) is 8.78. The molecule has 0 radical (unpaired) electrons. The fraction of sp³-hybridized carbons (Fsp3) is 0.435. The number of anilines is 1. The van der Waals surface area contributed by atoms with Crippen LogP contribution in [0.5, 0.6) is 5.75 Å². The van der Waals surface area contributed by atoms with Gasteiger partial charge in [-0.1, -0.05) is 36.4 Å². The van der Waals surface area contributed by atoms with Crippen LogP contribution in [-0.4, -0.2) is 35.3 Å². The smallest absolute Gasteiger partial charge is 0.410 e. The van der Waals surface area contributed by atoms with Crippen LogP contribution in [0.3, 0.4) is 0 Å². The monoisotopic (exact) mass is 380 g/mol. The molecule has 148 valence electrons. The Labute approximate surface area is 166 Å². The van der Waals surface area contributed by atoms with E-state index in [9.17, 15) is 4.79 Å². The summed E-state index contributed by atoms with van der Waals surface area (Å²) in [6, 6.07) is 16.7. The number of hydrogen-bond donors (Lipinski definition) is 1. The number of rotatable bonds is 3. The first-order valence-electron chi connectivity index (χ1n) is 9.90. The van der Waals surface area contributed by atoms with Gasteiger partial charge in [0, 0.05) is 18.3 Å². The number of carbonyl (C=O) groups is 1. The first kappa shape index (κ1) is 18.7. The van der Waals surface area contributed by atoms with E-state index in [4.69, 9.17) is 9.47 Å². The number of nitrogens with one attached hydrogen (secondary N) is 1. The molecule has 0 aromatic heterocycles. The van der Waals surface area contributed by atoms with Crippen molar-refractivity contribution in [3.8, 4) is 5.75 Å². The maximum absolute atomic E-state index is 12.2. The summed E-state index contributed by atoms with van der Waals surface area (Å²) in [5.74, 6) is 0.924. The lowest BCUT2D eigenvalue weighted by Crippen LogP contribution is -2.67. The summed E-state index contributed by atoms with van der Waals surface area (Å²) < 4.78 is 11.8. The quantitative estimate of drug-likeness (QED) is 0.845. The molecule has 1 amide bonds. The number of nitrogens with zero attached hydrogens (tertiary/aromatic N) is 1. The molecule has 0 unspecified atom stereocenters. The van der Waals surface area contributed by atoms with E-state index < -0.39 is 5.60 Å². The molecule has 2 aromatic carbocycles. The molecule has 1 spiro atoms. The number of fused-ring (bicyclic) bond motifs is 1. The predicted molar refractivity (Wildman–Crippen MR) is 110 cm³/mol. The molecule has 0 saturated carbocycles. The van der Waals surface area contributed by atoms with Crippen LogP contribution in [0.15, 0.2) is 48.5 Å². The molecule has 2 heterocycles. The van der Waals surface area contributed by atoms with Gasteiger partial charge in [-0.05, 0) is 50.8 Å². The van der Waals surface area contributed by atoms with E-state index >= 15 is 0 Å². The van der Waals surface area contributed by atoms with Crippen LogP contribution in [-0.2, 0) is 17.7 Å². The standard InChI is InChI=1S/C23H28N2O3/c1-22(2,3)28-21(26)25-15-23(16-25)12-11-18-9-10-19(13-20(18)27-23)24-14-17-7-5-4-6-8-17/h4-10,13,24H,11-12,14-16H2,1-3H3. The molecule has 28 heavy (non-hydrogen) atoms. The molecular formula is C23H28N2O3. The average molecular weight is 380 g/mol. The Morgan fingerprint density at radius 2 is 1.93 bits per heavy atom. The molecular weight excluding hydrogens is 352 g/mol. The van der Waals surface area contributed by atoms with Gasteiger partial charge in [0.25, 0.3) is 0 Å². The Kier molecular flexibility index (Phi) is 4.69. The number of amides is 1. The van der Waals surface area contributed by atoms with Crippen molar-refractivity contribution in [2.45, 2.75) is 51.4 Å². The second kappa shape index (κ2) is 7.04. The van der Waals surface area contributed by atoms with Gasteiger partial charge < -0.3 is 19.7 Å². The highest BCUT2D eigenvalue weighted by Gasteiger charge is 2.50. The molecule has 0 atom stereocenters. The minimum Gasteiger partial charge on any atom is -0.483 e. The van der Waals surface area contributed by atoms with Gasteiger partial charge in [-0.3, -0.25) is 0 Å². The van der Waals surface area contributed by atoms with Crippen molar-refractivity contribution in [3.05, 3.63) is 59.7 Å². The van der Waals surface area contributed by atoms with Gasteiger partial charge in [-0.2, -0.15) is 0 Å². The lowest BCUT2D eigenvalue weighted by molar-refractivity contribution is -0.0913. The molecule has 0 bridgehead atoms. The molecule has 1 fully saturated rings. The Morgan fingerprint density at radius 3 is 2.64 bits per heavy atom. The Balaban J connectivity index is 1.38. The lowest BCUT2D eigenvalue weighted by Gasteiger charge is -2.51. The van der Waals surface area contributed by atoms with Crippen LogP contribution in [0.4, 0.5) is 10.5 Å². The normalized spacial score (nSPS) is 17.3. The first-order chi connectivity index (χ1) is 13.3. The van der Waals surface area contributed by atoms with Crippen molar-refractivity contribution >= 4 is 11.8 Å². The van der Waals surface area contributed by atoms with Crippen molar-refractivity contribution in [2.75, 3.05) is 18.4 Å². The van der Waals surface area contributed by atoms with E-state index in [1.165, 1.54) is 11.1 Å². The summed E-state index contributed by atoms with van der Waals surface area (Å²) in [5, 5.41) is 3.46. The van der Waals surface area contributed by atoms with E-state index in [2.05, 4.69) is 35.6 Å². The predicted octanol–water partition coefficient (Wildman–Crippen LogP) is 4.61. The van der Waals surface area contributed by atoms with Gasteiger partial charge in [-0.25, -0.2) is 4.79 Å². The maximum atomic E-state index is 12.2. The fourth-order valence-electron chi connectivity index (χ4n) is 3.74. The van der Waals surface area contributed by atoms with E-state index in [1.807, 2.05) is 39.0 Å². The largest absolute Gasteiger partial charge is 0.483 e. The van der Waals surface area contributed by atoms with E-state index in [0.29, 0.717) is 13.1 Å². The fourth-order valence-corrected chi connectivity index (χ4v) is 3.74. The summed E-state index contributed by atoms with van der Waals surface area (Å²) in [6.07, 6.45) is 1.64. The molecule has 2 aliphatic heterocycles. The van der Waals surface area contributed by atoms with Gasteiger partial charge in [0.05, 0.1) is 13.1 Å². The molecule has 0 aliphatic carbocycles. The highest BCUT2D eigenvalue weighted by molar-refractivity contribution is 5.70. The summed E-state index contributed by atoms with van der Waals surface area (Å²) in [4.78, 5) is 14.0. The number of likely N-dealkylation sites (tertiary alicyclic amines) is 1. The van der Waals surface area contributed by atoms with E-state index in [1.54, 1.807) is 4.90 Å². The van der Waals surface area contributed by atoms with Gasteiger partial charge in [0.2, 0.25) is 0 Å². The Bertz CT molecular complexity index is 852. The number of benzene rings is 2. The third-order valence-corrected chi connectivity index (χ3v) is 5.19. The van der Waals surface area contributed by atoms with Crippen LogP contribution in [0.1, 0.15) is 38.3 Å². The lowest BCUT2D eigenvalue weighted by atomic mass is 9.84. The maximum Gasteiger partial charge on any atom is 0.410 e. The third-order valence-electron chi connectivity index (χ3n) is 5.19. The van der Waals surface area contributed by atoms with Crippen molar-refractivity contribution < 1.29 is 14.3 Å². The third kappa shape index (κ3) is 4.08. The van der Waals surface area contributed by atoms with Gasteiger partial charge in [0.1, 0.15) is 17.0 Å². The summed E-state index contributed by atoms with van der Waals surface area (Å²) >= 11 is 0. The topological polar surface area (TPSA) is 50.8 Å². The number of aryl methyl sites for hydroxylation is 1. The van der Waals surface area contributed by atoms with Crippen molar-refractivity contribution in [1.82, 2.24) is 4.90 Å². The first-order valence-corrected chi connectivity index (χ1v) is 9.90. The van der Waals surface area contributed by atoms with Crippen LogP contribution in [0.25, 0.3) is 0 Å². The highest BCUT2D eigenvalue weighted by atomic mass is 16.6. The van der Waals surface area contributed by atoms with E-state index in [-0.39, 0.29) is 11.7 Å². The molecule has 2 aromatic rings. The Morgan fingerprint density at radius 1 is 1.18 bits per heavy atom. The molecule has 1 N–H and O–H groups in total. The van der Waals surface area contributed by atoms with Gasteiger partial charge in [0.15, 0.2) is 0 Å². The minimum absolute atomic E-state index is 0.259. The zero-order valence-electron chi connectivity index (χ0n) is 16.8. The summed E-state index contributed by atoms with van der Waals surface area (Å²) in [6.45, 7) is 7.61. The minimum atomic E-state index is -0.473. The van der Waals surface area contributed by atoms with Crippen LogP contribution >= 0.6 is 0 Å².